The molecule has 22 heavy (non-hydrogen) atoms. The van der Waals surface area contributed by atoms with Crippen LogP contribution in [0, 0.1) is 5.92 Å². The van der Waals surface area contributed by atoms with Gasteiger partial charge in [-0.1, -0.05) is 13.0 Å². The topological polar surface area (TPSA) is 74.3 Å². The van der Waals surface area contributed by atoms with Gasteiger partial charge in [-0.3, -0.25) is 14.6 Å². The van der Waals surface area contributed by atoms with Crippen LogP contribution in [0.25, 0.3) is 0 Å². The number of hydrogen-bond acceptors (Lipinski definition) is 4. The zero-order valence-corrected chi connectivity index (χ0v) is 13.2. The van der Waals surface area contributed by atoms with E-state index in [4.69, 9.17) is 0 Å². The maximum absolute atomic E-state index is 12.4. The van der Waals surface area contributed by atoms with Crippen LogP contribution in [-0.4, -0.2) is 48.4 Å². The molecule has 1 aliphatic rings. The number of nitrogens with zero attached hydrogens (tertiary/aromatic N) is 2. The highest BCUT2D eigenvalue weighted by Gasteiger charge is 2.42. The van der Waals surface area contributed by atoms with Crippen molar-refractivity contribution in [2.75, 3.05) is 26.7 Å². The van der Waals surface area contributed by atoms with Crippen LogP contribution in [-0.2, 0) is 9.59 Å². The summed E-state index contributed by atoms with van der Waals surface area (Å²) in [6.45, 7) is 4.36. The Balaban J connectivity index is 1.98. The molecule has 2 rings (SSSR count). The first kappa shape index (κ1) is 16.4. The zero-order chi connectivity index (χ0) is 15.9. The normalized spacial score (nSPS) is 21.2. The lowest BCUT2D eigenvalue weighted by Gasteiger charge is -2.24. The molecule has 1 fully saturated rings. The van der Waals surface area contributed by atoms with Gasteiger partial charge in [0.1, 0.15) is 0 Å². The molecule has 0 aliphatic carbocycles. The van der Waals surface area contributed by atoms with Gasteiger partial charge < -0.3 is 15.5 Å². The fourth-order valence-electron chi connectivity index (χ4n) is 2.82. The van der Waals surface area contributed by atoms with Crippen molar-refractivity contribution in [1.29, 1.82) is 0 Å². The van der Waals surface area contributed by atoms with E-state index in [-0.39, 0.29) is 30.2 Å². The van der Waals surface area contributed by atoms with Crippen molar-refractivity contribution in [2.45, 2.75) is 25.8 Å². The maximum Gasteiger partial charge on any atom is 0.226 e. The molecule has 0 spiro atoms. The fourth-order valence-corrected chi connectivity index (χ4v) is 2.82. The molecule has 0 bridgehead atoms. The van der Waals surface area contributed by atoms with Crippen LogP contribution in [0.2, 0.25) is 0 Å². The van der Waals surface area contributed by atoms with Crippen LogP contribution in [0.4, 0.5) is 0 Å². The van der Waals surface area contributed by atoms with E-state index in [1.165, 1.54) is 0 Å². The summed E-state index contributed by atoms with van der Waals surface area (Å²) in [6, 6.07) is 3.51. The molecule has 1 saturated heterocycles. The summed E-state index contributed by atoms with van der Waals surface area (Å²) in [4.78, 5) is 30.2. The van der Waals surface area contributed by atoms with Gasteiger partial charge >= 0.3 is 0 Å². The first-order chi connectivity index (χ1) is 10.6. The number of carbonyl (C=O) groups is 2. The number of pyridine rings is 1. The van der Waals surface area contributed by atoms with Crippen molar-refractivity contribution < 1.29 is 9.59 Å². The molecule has 1 aromatic heterocycles. The molecule has 0 radical (unpaired) electrons. The van der Waals surface area contributed by atoms with E-state index in [9.17, 15) is 9.59 Å². The van der Waals surface area contributed by atoms with Crippen molar-refractivity contribution in [1.82, 2.24) is 20.5 Å². The standard InChI is InChI=1S/C16H24N4O2/c1-3-6-17-8-9-19-16(22)13-10-14(21)20(2)15(13)12-5-4-7-18-11-12/h4-5,7,11,13,15,17H,3,6,8-10H2,1-2H3,(H,19,22). The second-order valence-corrected chi connectivity index (χ2v) is 5.59. The number of carbonyl (C=O) groups excluding carboxylic acids is 2. The molecule has 120 valence electrons. The Morgan fingerprint density at radius 1 is 1.41 bits per heavy atom. The van der Waals surface area contributed by atoms with Crippen molar-refractivity contribution in [3.05, 3.63) is 30.1 Å². The summed E-state index contributed by atoms with van der Waals surface area (Å²) >= 11 is 0. The molecule has 1 aromatic rings. The molecule has 2 atom stereocenters. The molecular weight excluding hydrogens is 280 g/mol. The third-order valence-electron chi connectivity index (χ3n) is 3.98. The van der Waals surface area contributed by atoms with Crippen LogP contribution >= 0.6 is 0 Å². The first-order valence-electron chi connectivity index (χ1n) is 7.79. The van der Waals surface area contributed by atoms with Gasteiger partial charge in [0.15, 0.2) is 0 Å². The van der Waals surface area contributed by atoms with E-state index in [2.05, 4.69) is 22.5 Å². The summed E-state index contributed by atoms with van der Waals surface area (Å²) in [5.41, 5.74) is 0.903. The number of nitrogens with one attached hydrogen (secondary N) is 2. The molecule has 6 nitrogen and oxygen atoms in total. The van der Waals surface area contributed by atoms with Crippen LogP contribution in [0.5, 0.6) is 0 Å². The van der Waals surface area contributed by atoms with E-state index >= 15 is 0 Å². The van der Waals surface area contributed by atoms with Gasteiger partial charge in [-0.05, 0) is 24.6 Å². The minimum atomic E-state index is -0.354. The molecular formula is C16H24N4O2. The fraction of sp³-hybridized carbons (Fsp3) is 0.562. The van der Waals surface area contributed by atoms with Crippen molar-refractivity contribution in [2.24, 2.45) is 5.92 Å². The van der Waals surface area contributed by atoms with Crippen LogP contribution < -0.4 is 10.6 Å². The third kappa shape index (κ3) is 3.82. The SMILES string of the molecule is CCCNCCNC(=O)C1CC(=O)N(C)C1c1cccnc1. The average molecular weight is 304 g/mol. The molecule has 2 N–H and O–H groups in total. The monoisotopic (exact) mass is 304 g/mol. The first-order valence-corrected chi connectivity index (χ1v) is 7.79. The molecule has 0 saturated carbocycles. The predicted molar refractivity (Wildman–Crippen MR) is 84.0 cm³/mol. The highest BCUT2D eigenvalue weighted by Crippen LogP contribution is 2.36. The largest absolute Gasteiger partial charge is 0.354 e. The molecule has 2 heterocycles. The number of amides is 2. The second-order valence-electron chi connectivity index (χ2n) is 5.59. The minimum absolute atomic E-state index is 0.00175. The molecule has 2 amide bonds. The van der Waals surface area contributed by atoms with E-state index in [0.717, 1.165) is 25.1 Å². The molecule has 6 heteroatoms. The van der Waals surface area contributed by atoms with Gasteiger partial charge in [-0.15, -0.1) is 0 Å². The predicted octanol–water partition coefficient (Wildman–Crippen LogP) is 0.717. The van der Waals surface area contributed by atoms with E-state index in [1.807, 2.05) is 12.1 Å². The lowest BCUT2D eigenvalue weighted by molar-refractivity contribution is -0.128. The maximum atomic E-state index is 12.4. The summed E-state index contributed by atoms with van der Waals surface area (Å²) in [7, 11) is 1.75. The lowest BCUT2D eigenvalue weighted by Crippen LogP contribution is -2.38. The van der Waals surface area contributed by atoms with Gasteiger partial charge in [0.2, 0.25) is 11.8 Å². The number of aromatic nitrogens is 1. The van der Waals surface area contributed by atoms with Crippen LogP contribution in [0.15, 0.2) is 24.5 Å². The van der Waals surface area contributed by atoms with Crippen molar-refractivity contribution in [3.8, 4) is 0 Å². The quantitative estimate of drug-likeness (QED) is 0.728. The third-order valence-corrected chi connectivity index (χ3v) is 3.98. The van der Waals surface area contributed by atoms with Gasteiger partial charge in [-0.25, -0.2) is 0 Å². The zero-order valence-electron chi connectivity index (χ0n) is 13.2. The summed E-state index contributed by atoms with van der Waals surface area (Å²) in [5, 5.41) is 6.16. The Hall–Kier alpha value is -1.95. The number of rotatable bonds is 7. The Morgan fingerprint density at radius 3 is 2.91 bits per heavy atom. The minimum Gasteiger partial charge on any atom is -0.354 e. The molecule has 1 aliphatic heterocycles. The summed E-state index contributed by atoms with van der Waals surface area (Å²) < 4.78 is 0. The summed E-state index contributed by atoms with van der Waals surface area (Å²) in [6.07, 6.45) is 4.74. The van der Waals surface area contributed by atoms with Crippen molar-refractivity contribution in [3.63, 3.8) is 0 Å². The van der Waals surface area contributed by atoms with E-state index in [0.29, 0.717) is 6.54 Å². The smallest absolute Gasteiger partial charge is 0.226 e. The van der Waals surface area contributed by atoms with E-state index < -0.39 is 0 Å². The van der Waals surface area contributed by atoms with Gasteiger partial charge in [0, 0.05) is 39.0 Å². The van der Waals surface area contributed by atoms with Crippen LogP contribution in [0.3, 0.4) is 0 Å². The van der Waals surface area contributed by atoms with Crippen molar-refractivity contribution >= 4 is 11.8 Å². The number of likely N-dealkylation sites (tertiary alicyclic amines) is 1. The molecule has 2 unspecified atom stereocenters. The van der Waals surface area contributed by atoms with Gasteiger partial charge in [0.25, 0.3) is 0 Å². The Labute approximate surface area is 131 Å². The lowest BCUT2D eigenvalue weighted by atomic mass is 9.94. The highest BCUT2D eigenvalue weighted by atomic mass is 16.2. The summed E-state index contributed by atoms with van der Waals surface area (Å²) in [5.74, 6) is -0.421. The average Bonchev–Trinajstić information content (AvgIpc) is 2.83. The van der Waals surface area contributed by atoms with E-state index in [1.54, 1.807) is 24.3 Å². The van der Waals surface area contributed by atoms with Crippen LogP contribution in [0.1, 0.15) is 31.4 Å². The highest BCUT2D eigenvalue weighted by molar-refractivity contribution is 5.90. The number of hydrogen-bond donors (Lipinski definition) is 2. The van der Waals surface area contributed by atoms with Gasteiger partial charge in [-0.2, -0.15) is 0 Å². The Kier molecular flexibility index (Phi) is 5.89. The Bertz CT molecular complexity index is 506. The Morgan fingerprint density at radius 2 is 2.23 bits per heavy atom. The second kappa shape index (κ2) is 7.89. The van der Waals surface area contributed by atoms with Gasteiger partial charge in [0.05, 0.1) is 12.0 Å². The molecule has 0 aromatic carbocycles.